The minimum atomic E-state index is 0.659. The molecule has 0 aliphatic heterocycles. The number of aromatic nitrogens is 4. The van der Waals surface area contributed by atoms with Crippen molar-refractivity contribution in [3.05, 3.63) is 29.7 Å². The van der Waals surface area contributed by atoms with Gasteiger partial charge in [-0.1, -0.05) is 6.92 Å². The number of anilines is 2. The van der Waals surface area contributed by atoms with Gasteiger partial charge in [0.2, 0.25) is 5.95 Å². The lowest BCUT2D eigenvalue weighted by Crippen LogP contribution is -2.09. The SMILES string of the molecule is CCCNc1ncc(C)c(NCc2ccn(C)n2)n1. The molecule has 102 valence electrons. The van der Waals surface area contributed by atoms with E-state index in [1.54, 1.807) is 4.68 Å². The van der Waals surface area contributed by atoms with Gasteiger partial charge in [0.05, 0.1) is 12.2 Å². The van der Waals surface area contributed by atoms with E-state index in [1.165, 1.54) is 0 Å². The number of hydrogen-bond donors (Lipinski definition) is 2. The number of hydrogen-bond acceptors (Lipinski definition) is 5. The third-order valence-corrected chi connectivity index (χ3v) is 2.71. The third-order valence-electron chi connectivity index (χ3n) is 2.71. The van der Waals surface area contributed by atoms with E-state index in [0.717, 1.165) is 30.0 Å². The van der Waals surface area contributed by atoms with Gasteiger partial charge in [0.25, 0.3) is 0 Å². The summed E-state index contributed by atoms with van der Waals surface area (Å²) in [5.74, 6) is 1.51. The average Bonchev–Trinajstić information content (AvgIpc) is 2.82. The Morgan fingerprint density at radius 2 is 2.16 bits per heavy atom. The van der Waals surface area contributed by atoms with Gasteiger partial charge in [0, 0.05) is 31.5 Å². The Morgan fingerprint density at radius 1 is 1.32 bits per heavy atom. The van der Waals surface area contributed by atoms with E-state index >= 15 is 0 Å². The van der Waals surface area contributed by atoms with Gasteiger partial charge in [-0.15, -0.1) is 0 Å². The summed E-state index contributed by atoms with van der Waals surface area (Å²) >= 11 is 0. The van der Waals surface area contributed by atoms with Gasteiger partial charge in [-0.05, 0) is 19.4 Å². The first-order valence-corrected chi connectivity index (χ1v) is 6.49. The van der Waals surface area contributed by atoms with Crippen LogP contribution in [0.1, 0.15) is 24.6 Å². The van der Waals surface area contributed by atoms with E-state index in [4.69, 9.17) is 0 Å². The van der Waals surface area contributed by atoms with Crippen molar-refractivity contribution in [3.8, 4) is 0 Å². The molecule has 0 aliphatic carbocycles. The summed E-state index contributed by atoms with van der Waals surface area (Å²) in [5.41, 5.74) is 2.02. The maximum Gasteiger partial charge on any atom is 0.224 e. The van der Waals surface area contributed by atoms with Crippen LogP contribution in [-0.4, -0.2) is 26.3 Å². The van der Waals surface area contributed by atoms with Crippen LogP contribution in [0.3, 0.4) is 0 Å². The fourth-order valence-electron chi connectivity index (χ4n) is 1.67. The molecule has 0 unspecified atom stereocenters. The van der Waals surface area contributed by atoms with Crippen molar-refractivity contribution < 1.29 is 0 Å². The lowest BCUT2D eigenvalue weighted by Gasteiger charge is -2.09. The fourth-order valence-corrected chi connectivity index (χ4v) is 1.67. The molecule has 2 aromatic heterocycles. The predicted octanol–water partition coefficient (Wildman–Crippen LogP) is 1.95. The molecule has 2 heterocycles. The van der Waals surface area contributed by atoms with Gasteiger partial charge in [0.1, 0.15) is 5.82 Å². The largest absolute Gasteiger partial charge is 0.364 e. The highest BCUT2D eigenvalue weighted by molar-refractivity contribution is 5.46. The molecule has 2 aromatic rings. The molecule has 6 nitrogen and oxygen atoms in total. The molecule has 0 saturated carbocycles. The average molecular weight is 260 g/mol. The molecule has 0 amide bonds. The standard InChI is InChI=1S/C13H20N6/c1-4-6-14-13-16-8-10(2)12(17-13)15-9-11-5-7-19(3)18-11/h5,7-8H,4,6,9H2,1-3H3,(H2,14,15,16,17). The quantitative estimate of drug-likeness (QED) is 0.831. The molecule has 19 heavy (non-hydrogen) atoms. The van der Waals surface area contributed by atoms with E-state index in [9.17, 15) is 0 Å². The fraction of sp³-hybridized carbons (Fsp3) is 0.462. The van der Waals surface area contributed by atoms with Gasteiger partial charge in [0.15, 0.2) is 0 Å². The number of aryl methyl sites for hydroxylation is 2. The monoisotopic (exact) mass is 260 g/mol. The molecule has 0 aliphatic rings. The summed E-state index contributed by atoms with van der Waals surface area (Å²) in [6.45, 7) is 5.64. The molecular weight excluding hydrogens is 240 g/mol. The third kappa shape index (κ3) is 3.67. The highest BCUT2D eigenvalue weighted by Crippen LogP contribution is 2.13. The highest BCUT2D eigenvalue weighted by Gasteiger charge is 2.04. The zero-order valence-corrected chi connectivity index (χ0v) is 11.6. The molecule has 0 bridgehead atoms. The van der Waals surface area contributed by atoms with E-state index in [-0.39, 0.29) is 0 Å². The molecule has 0 atom stereocenters. The molecule has 2 N–H and O–H groups in total. The van der Waals surface area contributed by atoms with Crippen molar-refractivity contribution >= 4 is 11.8 Å². The molecular formula is C13H20N6. The summed E-state index contributed by atoms with van der Waals surface area (Å²) in [6.07, 6.45) is 4.80. The topological polar surface area (TPSA) is 67.7 Å². The zero-order valence-electron chi connectivity index (χ0n) is 11.6. The molecule has 0 radical (unpaired) electrons. The van der Waals surface area contributed by atoms with Crippen LogP contribution in [0.5, 0.6) is 0 Å². The van der Waals surface area contributed by atoms with E-state index in [2.05, 4.69) is 32.6 Å². The van der Waals surface area contributed by atoms with Gasteiger partial charge >= 0.3 is 0 Å². The molecule has 0 fully saturated rings. The van der Waals surface area contributed by atoms with Crippen LogP contribution < -0.4 is 10.6 Å². The predicted molar refractivity (Wildman–Crippen MR) is 76.1 cm³/mol. The number of nitrogens with one attached hydrogen (secondary N) is 2. The maximum absolute atomic E-state index is 4.46. The molecule has 0 saturated heterocycles. The van der Waals surface area contributed by atoms with Crippen LogP contribution >= 0.6 is 0 Å². The Labute approximate surface area is 113 Å². The first kappa shape index (κ1) is 13.3. The second kappa shape index (κ2) is 6.17. The number of rotatable bonds is 6. The molecule has 2 rings (SSSR count). The minimum absolute atomic E-state index is 0.659. The van der Waals surface area contributed by atoms with Crippen LogP contribution in [0.2, 0.25) is 0 Å². The molecule has 6 heteroatoms. The van der Waals surface area contributed by atoms with E-state index in [1.807, 2.05) is 32.4 Å². The minimum Gasteiger partial charge on any atom is -0.364 e. The summed E-state index contributed by atoms with van der Waals surface area (Å²) in [6, 6.07) is 1.99. The normalized spacial score (nSPS) is 10.5. The van der Waals surface area contributed by atoms with Crippen LogP contribution in [0.4, 0.5) is 11.8 Å². The van der Waals surface area contributed by atoms with Crippen molar-refractivity contribution in [3.63, 3.8) is 0 Å². The van der Waals surface area contributed by atoms with Crippen LogP contribution in [0.25, 0.3) is 0 Å². The Kier molecular flexibility index (Phi) is 4.33. The summed E-state index contributed by atoms with van der Waals surface area (Å²) in [4.78, 5) is 8.72. The summed E-state index contributed by atoms with van der Waals surface area (Å²) in [5, 5.41) is 10.8. The summed E-state index contributed by atoms with van der Waals surface area (Å²) in [7, 11) is 1.91. The van der Waals surface area contributed by atoms with E-state index < -0.39 is 0 Å². The maximum atomic E-state index is 4.46. The van der Waals surface area contributed by atoms with Crippen molar-refractivity contribution in [1.82, 2.24) is 19.7 Å². The lowest BCUT2D eigenvalue weighted by atomic mass is 10.3. The molecule has 0 aromatic carbocycles. The summed E-state index contributed by atoms with van der Waals surface area (Å²) < 4.78 is 1.79. The van der Waals surface area contributed by atoms with Gasteiger partial charge in [-0.25, -0.2) is 4.98 Å². The van der Waals surface area contributed by atoms with Gasteiger partial charge in [-0.3, -0.25) is 4.68 Å². The zero-order chi connectivity index (χ0) is 13.7. The van der Waals surface area contributed by atoms with Crippen LogP contribution in [-0.2, 0) is 13.6 Å². The molecule has 0 spiro atoms. The lowest BCUT2D eigenvalue weighted by molar-refractivity contribution is 0.746. The number of nitrogens with zero attached hydrogens (tertiary/aromatic N) is 4. The Morgan fingerprint density at radius 3 is 2.84 bits per heavy atom. The second-order valence-electron chi connectivity index (χ2n) is 4.49. The van der Waals surface area contributed by atoms with Gasteiger partial charge in [-0.2, -0.15) is 10.1 Å². The van der Waals surface area contributed by atoms with Crippen LogP contribution in [0.15, 0.2) is 18.5 Å². The van der Waals surface area contributed by atoms with Crippen LogP contribution in [0, 0.1) is 6.92 Å². The van der Waals surface area contributed by atoms with Crippen molar-refractivity contribution in [2.24, 2.45) is 7.05 Å². The smallest absolute Gasteiger partial charge is 0.224 e. The highest BCUT2D eigenvalue weighted by atomic mass is 15.3. The Hall–Kier alpha value is -2.11. The van der Waals surface area contributed by atoms with Gasteiger partial charge < -0.3 is 10.6 Å². The Balaban J connectivity index is 2.02. The van der Waals surface area contributed by atoms with Crippen molar-refractivity contribution in [2.45, 2.75) is 26.8 Å². The first-order valence-electron chi connectivity index (χ1n) is 6.49. The Bertz CT molecular complexity index is 534. The first-order chi connectivity index (χ1) is 9.19. The second-order valence-corrected chi connectivity index (χ2v) is 4.49. The van der Waals surface area contributed by atoms with Crippen molar-refractivity contribution in [1.29, 1.82) is 0 Å². The van der Waals surface area contributed by atoms with E-state index in [0.29, 0.717) is 12.5 Å². The van der Waals surface area contributed by atoms with Crippen molar-refractivity contribution in [2.75, 3.05) is 17.2 Å².